The summed E-state index contributed by atoms with van der Waals surface area (Å²) >= 11 is 0. The molecular formula is C21H30N4O3. The quantitative estimate of drug-likeness (QED) is 0.524. The number of likely N-dealkylation sites (tertiary alicyclic amines) is 1. The fourth-order valence-electron chi connectivity index (χ4n) is 3.88. The first-order valence-electron chi connectivity index (χ1n) is 10.2. The maximum atomic E-state index is 12.5. The van der Waals surface area contributed by atoms with E-state index in [1.54, 1.807) is 11.8 Å². The molecule has 1 aromatic carbocycles. The van der Waals surface area contributed by atoms with Crippen LogP contribution in [0.15, 0.2) is 30.6 Å². The van der Waals surface area contributed by atoms with Crippen molar-refractivity contribution in [1.29, 1.82) is 0 Å². The van der Waals surface area contributed by atoms with Gasteiger partial charge in [-0.3, -0.25) is 14.8 Å². The molecule has 0 bridgehead atoms. The molecule has 152 valence electrons. The third-order valence-electron chi connectivity index (χ3n) is 5.85. The molecule has 4 rings (SSSR count). The first-order chi connectivity index (χ1) is 13.6. The van der Waals surface area contributed by atoms with Gasteiger partial charge >= 0.3 is 0 Å². The number of nitrogens with one attached hydrogen (secondary N) is 2. The third kappa shape index (κ3) is 5.10. The Labute approximate surface area is 165 Å². The van der Waals surface area contributed by atoms with Gasteiger partial charge in [0, 0.05) is 25.4 Å². The van der Waals surface area contributed by atoms with E-state index in [9.17, 15) is 9.59 Å². The lowest BCUT2D eigenvalue weighted by Crippen LogP contribution is -2.37. The summed E-state index contributed by atoms with van der Waals surface area (Å²) in [4.78, 5) is 32.8. The van der Waals surface area contributed by atoms with Crippen LogP contribution in [0.5, 0.6) is 0 Å². The molecule has 1 saturated carbocycles. The Morgan fingerprint density at radius 1 is 1.32 bits per heavy atom. The number of carbonyl (C=O) groups is 2. The Morgan fingerprint density at radius 2 is 2.11 bits per heavy atom. The van der Waals surface area contributed by atoms with Crippen molar-refractivity contribution in [3.8, 4) is 0 Å². The minimum Gasteiger partial charge on any atom is -0.345 e. The van der Waals surface area contributed by atoms with Crippen LogP contribution < -0.4 is 5.48 Å². The highest BCUT2D eigenvalue weighted by molar-refractivity contribution is 5.85. The van der Waals surface area contributed by atoms with Crippen LogP contribution in [0.3, 0.4) is 0 Å². The van der Waals surface area contributed by atoms with E-state index in [2.05, 4.69) is 16.9 Å². The van der Waals surface area contributed by atoms with Crippen LogP contribution in [-0.4, -0.2) is 45.0 Å². The summed E-state index contributed by atoms with van der Waals surface area (Å²) in [5, 5.41) is 8.62. The number of benzene rings is 1. The lowest BCUT2D eigenvalue weighted by Gasteiger charge is -2.23. The number of H-pyrrole nitrogens is 1. The highest BCUT2D eigenvalue weighted by Crippen LogP contribution is 2.52. The molecule has 2 fully saturated rings. The number of hydroxylamine groups is 1. The summed E-state index contributed by atoms with van der Waals surface area (Å²) in [5.74, 6) is -0.642. The maximum absolute atomic E-state index is 12.5. The molecule has 28 heavy (non-hydrogen) atoms. The molecule has 1 aliphatic heterocycles. The minimum atomic E-state index is -0.463. The number of amides is 2. The Hall–Kier alpha value is -2.41. The van der Waals surface area contributed by atoms with Gasteiger partial charge in [0.15, 0.2) is 0 Å². The first kappa shape index (κ1) is 20.3. The van der Waals surface area contributed by atoms with E-state index in [4.69, 9.17) is 5.21 Å². The van der Waals surface area contributed by atoms with E-state index in [1.165, 1.54) is 12.8 Å². The van der Waals surface area contributed by atoms with Gasteiger partial charge in [0.25, 0.3) is 0 Å². The lowest BCUT2D eigenvalue weighted by molar-refractivity contribution is -0.140. The molecule has 1 atom stereocenters. The monoisotopic (exact) mass is 386 g/mol. The number of hydrogen-bond acceptors (Lipinski definition) is 4. The van der Waals surface area contributed by atoms with Gasteiger partial charge in [-0.25, -0.2) is 10.5 Å². The molecule has 1 unspecified atom stereocenters. The zero-order valence-corrected chi connectivity index (χ0v) is 16.5. The Bertz CT molecular complexity index is 770. The van der Waals surface area contributed by atoms with Crippen molar-refractivity contribution in [3.63, 3.8) is 0 Å². The summed E-state index contributed by atoms with van der Waals surface area (Å²) in [6, 6.07) is 7.94. The van der Waals surface area contributed by atoms with E-state index in [0.29, 0.717) is 5.41 Å². The largest absolute Gasteiger partial charge is 0.345 e. The number of imidazole rings is 1. The minimum absolute atomic E-state index is 0.0961. The fourth-order valence-corrected chi connectivity index (χ4v) is 3.88. The zero-order chi connectivity index (χ0) is 20.0. The number of unbranched alkanes of at least 4 members (excludes halogenated alkanes) is 1. The number of aromatic amines is 1. The molecule has 1 saturated heterocycles. The van der Waals surface area contributed by atoms with Gasteiger partial charge in [0.2, 0.25) is 11.8 Å². The van der Waals surface area contributed by atoms with Crippen LogP contribution in [0.2, 0.25) is 0 Å². The number of fused-ring (bicyclic) bond motifs is 1. The van der Waals surface area contributed by atoms with Crippen molar-refractivity contribution in [2.75, 3.05) is 13.1 Å². The molecule has 1 spiro atoms. The van der Waals surface area contributed by atoms with Crippen LogP contribution in [0, 0.1) is 11.3 Å². The molecule has 0 radical (unpaired) electrons. The van der Waals surface area contributed by atoms with E-state index >= 15 is 0 Å². The summed E-state index contributed by atoms with van der Waals surface area (Å²) in [6.45, 7) is 3.78. The topological polar surface area (TPSA) is 98.3 Å². The van der Waals surface area contributed by atoms with Crippen molar-refractivity contribution in [2.24, 2.45) is 11.3 Å². The van der Waals surface area contributed by atoms with Crippen LogP contribution >= 0.6 is 0 Å². The molecule has 2 amide bonds. The number of hydrogen-bond donors (Lipinski definition) is 3. The van der Waals surface area contributed by atoms with Gasteiger partial charge in [0.05, 0.1) is 17.4 Å². The summed E-state index contributed by atoms with van der Waals surface area (Å²) in [6.07, 6.45) is 8.07. The molecule has 3 N–H and O–H groups in total. The van der Waals surface area contributed by atoms with Crippen molar-refractivity contribution in [3.05, 3.63) is 30.6 Å². The number of aromatic nitrogens is 2. The van der Waals surface area contributed by atoms with Gasteiger partial charge < -0.3 is 9.88 Å². The molecule has 1 aliphatic carbocycles. The Kier molecular flexibility index (Phi) is 6.67. The van der Waals surface area contributed by atoms with Crippen molar-refractivity contribution < 1.29 is 14.8 Å². The molecule has 7 heteroatoms. The maximum Gasteiger partial charge on any atom is 0.244 e. The SMILES string of the molecule is CCCCC(CC(=O)NO)C(=O)N1CCC2(CC2)C1.c1ccc2[nH]cnc2c1. The standard InChI is InChI=1S/C14H24N2O3.C7H6N2/c1-2-3-4-11(9-12(17)15-19)13(18)16-8-7-14(10-16)5-6-14;1-2-4-7-6(3-1)8-5-9-7/h11,19H,2-10H2,1H3,(H,15,17);1-5H,(H,8,9). The van der Waals surface area contributed by atoms with Gasteiger partial charge in [-0.05, 0) is 43.2 Å². The average molecular weight is 386 g/mol. The predicted octanol–water partition coefficient (Wildman–Crippen LogP) is 3.26. The molecule has 2 aromatic rings. The smallest absolute Gasteiger partial charge is 0.244 e. The van der Waals surface area contributed by atoms with Crippen LogP contribution in [-0.2, 0) is 9.59 Å². The van der Waals surface area contributed by atoms with Crippen molar-refractivity contribution in [1.82, 2.24) is 20.3 Å². The molecular weight excluding hydrogens is 356 g/mol. The predicted molar refractivity (Wildman–Crippen MR) is 107 cm³/mol. The first-order valence-corrected chi connectivity index (χ1v) is 10.2. The number of nitrogens with zero attached hydrogens (tertiary/aromatic N) is 2. The average Bonchev–Trinajstić information content (AvgIpc) is 3.12. The fraction of sp³-hybridized carbons (Fsp3) is 0.571. The Morgan fingerprint density at radius 3 is 2.75 bits per heavy atom. The second kappa shape index (κ2) is 9.19. The Balaban J connectivity index is 0.000000206. The number of rotatable bonds is 6. The number of carbonyl (C=O) groups excluding carboxylic acids is 2. The third-order valence-corrected chi connectivity index (χ3v) is 5.85. The van der Waals surface area contributed by atoms with E-state index < -0.39 is 5.91 Å². The molecule has 2 aliphatic rings. The van der Waals surface area contributed by atoms with E-state index in [0.717, 1.165) is 49.8 Å². The summed E-state index contributed by atoms with van der Waals surface area (Å²) in [5.41, 5.74) is 4.18. The molecule has 2 heterocycles. The second-order valence-electron chi connectivity index (χ2n) is 8.01. The molecule has 7 nitrogen and oxygen atoms in total. The second-order valence-corrected chi connectivity index (χ2v) is 8.01. The normalized spacial score (nSPS) is 17.9. The van der Waals surface area contributed by atoms with Crippen LogP contribution in [0.1, 0.15) is 51.9 Å². The van der Waals surface area contributed by atoms with Crippen LogP contribution in [0.4, 0.5) is 0 Å². The lowest BCUT2D eigenvalue weighted by atomic mass is 9.96. The van der Waals surface area contributed by atoms with Crippen molar-refractivity contribution in [2.45, 2.75) is 51.9 Å². The highest BCUT2D eigenvalue weighted by Gasteiger charge is 2.49. The van der Waals surface area contributed by atoms with Gasteiger partial charge in [0.1, 0.15) is 0 Å². The van der Waals surface area contributed by atoms with E-state index in [-0.39, 0.29) is 18.2 Å². The summed E-state index contributed by atoms with van der Waals surface area (Å²) < 4.78 is 0. The zero-order valence-electron chi connectivity index (χ0n) is 16.5. The number of para-hydroxylation sites is 2. The summed E-state index contributed by atoms with van der Waals surface area (Å²) in [7, 11) is 0. The van der Waals surface area contributed by atoms with E-state index in [1.807, 2.05) is 29.2 Å². The van der Waals surface area contributed by atoms with Gasteiger partial charge in [-0.2, -0.15) is 0 Å². The van der Waals surface area contributed by atoms with Gasteiger partial charge in [-0.15, -0.1) is 0 Å². The van der Waals surface area contributed by atoms with Crippen molar-refractivity contribution >= 4 is 22.8 Å². The van der Waals surface area contributed by atoms with Gasteiger partial charge in [-0.1, -0.05) is 31.9 Å². The highest BCUT2D eigenvalue weighted by atomic mass is 16.5. The van der Waals surface area contributed by atoms with Crippen LogP contribution in [0.25, 0.3) is 11.0 Å². The molecule has 1 aromatic heterocycles.